The maximum Gasteiger partial charge on any atom is 0.320 e. The first-order valence-corrected chi connectivity index (χ1v) is 3.91. The van der Waals surface area contributed by atoms with Gasteiger partial charge >= 0.3 is 5.97 Å². The summed E-state index contributed by atoms with van der Waals surface area (Å²) in [6.45, 7) is 0.266. The molecule has 0 fully saturated rings. The predicted octanol–water partition coefficient (Wildman–Crippen LogP) is -0.974. The molecule has 6 heteroatoms. The first-order chi connectivity index (χ1) is 6.07. The number of carboxylic acid groups (broad SMARTS) is 1. The van der Waals surface area contributed by atoms with Crippen LogP contribution in [0.4, 0.5) is 0 Å². The quantitative estimate of drug-likeness (QED) is 0.351. The fourth-order valence-corrected chi connectivity index (χ4v) is 0.802. The summed E-state index contributed by atoms with van der Waals surface area (Å²) < 4.78 is 4.39. The number of carbonyl (C=O) groups is 2. The molecular formula is C7H14N2O4. The lowest BCUT2D eigenvalue weighted by Gasteiger charge is -2.10. The molecule has 0 rings (SSSR count). The van der Waals surface area contributed by atoms with Crippen LogP contribution in [-0.4, -0.2) is 29.8 Å². The molecule has 0 amide bonds. The molecule has 0 aliphatic rings. The minimum absolute atomic E-state index is 0.266. The van der Waals surface area contributed by atoms with Crippen molar-refractivity contribution in [1.82, 2.24) is 0 Å². The fourth-order valence-electron chi connectivity index (χ4n) is 0.802. The highest BCUT2D eigenvalue weighted by atomic mass is 16.5. The highest BCUT2D eigenvalue weighted by Gasteiger charge is 2.11. The summed E-state index contributed by atoms with van der Waals surface area (Å²) in [6.07, 6.45) is 0.589. The number of hydrogen-bond donors (Lipinski definition) is 3. The number of aliphatic carboxylic acids is 1. The number of carbonyl (C=O) groups excluding carboxylic acids is 1. The predicted molar refractivity (Wildman–Crippen MR) is 44.6 cm³/mol. The molecule has 0 radical (unpaired) electrons. The maximum atomic E-state index is 10.3. The van der Waals surface area contributed by atoms with Crippen molar-refractivity contribution in [3.63, 3.8) is 0 Å². The minimum atomic E-state index is -1.04. The van der Waals surface area contributed by atoms with E-state index < -0.39 is 18.2 Å². The third-order valence-corrected chi connectivity index (χ3v) is 1.55. The number of rotatable bonds is 7. The highest BCUT2D eigenvalue weighted by Crippen LogP contribution is 2.02. The second-order valence-corrected chi connectivity index (χ2v) is 2.65. The molecule has 2 atom stereocenters. The van der Waals surface area contributed by atoms with Gasteiger partial charge in [-0.3, -0.25) is 15.3 Å². The van der Waals surface area contributed by atoms with E-state index in [4.69, 9.17) is 16.6 Å². The Morgan fingerprint density at radius 2 is 2.08 bits per heavy atom. The summed E-state index contributed by atoms with van der Waals surface area (Å²) in [4.78, 5) is 20.1. The molecule has 2 unspecified atom stereocenters. The Bertz CT molecular complexity index is 174. The number of carboxylic acids is 1. The second kappa shape index (κ2) is 6.38. The maximum absolute atomic E-state index is 10.3. The molecule has 0 aromatic heterocycles. The van der Waals surface area contributed by atoms with Crippen molar-refractivity contribution in [2.24, 2.45) is 11.5 Å². The molecule has 0 bridgehead atoms. The van der Waals surface area contributed by atoms with Gasteiger partial charge in [-0.25, -0.2) is 0 Å². The van der Waals surface area contributed by atoms with Crippen molar-refractivity contribution in [2.75, 3.05) is 0 Å². The lowest BCUT2D eigenvalue weighted by molar-refractivity contribution is -0.139. The van der Waals surface area contributed by atoms with E-state index in [9.17, 15) is 9.59 Å². The summed E-state index contributed by atoms with van der Waals surface area (Å²) in [5.74, 6) is -1.04. The van der Waals surface area contributed by atoms with Gasteiger partial charge < -0.3 is 15.6 Å². The van der Waals surface area contributed by atoms with Gasteiger partial charge in [-0.1, -0.05) is 0 Å². The Morgan fingerprint density at radius 3 is 2.54 bits per heavy atom. The van der Waals surface area contributed by atoms with E-state index in [0.717, 1.165) is 0 Å². The van der Waals surface area contributed by atoms with E-state index in [1.165, 1.54) is 0 Å². The van der Waals surface area contributed by atoms with Crippen LogP contribution in [-0.2, 0) is 14.3 Å². The van der Waals surface area contributed by atoms with Crippen LogP contribution in [0.1, 0.15) is 19.3 Å². The van der Waals surface area contributed by atoms with Gasteiger partial charge in [0, 0.05) is 0 Å². The van der Waals surface area contributed by atoms with Gasteiger partial charge in [0.05, 0.1) is 0 Å². The Labute approximate surface area is 75.8 Å². The summed E-state index contributed by atoms with van der Waals surface area (Å²) >= 11 is 0. The highest BCUT2D eigenvalue weighted by molar-refractivity contribution is 5.72. The van der Waals surface area contributed by atoms with Gasteiger partial charge in [-0.2, -0.15) is 0 Å². The molecule has 0 aromatic rings. The van der Waals surface area contributed by atoms with Crippen molar-refractivity contribution in [3.05, 3.63) is 0 Å². The summed E-state index contributed by atoms with van der Waals surface area (Å²) in [6, 6.07) is -0.872. The molecule has 0 aliphatic heterocycles. The standard InChI is InChI=1S/C7H14N2O4/c8-5(7(11)12)2-1-3-6(9)13-4-10/h4-6H,1-3,8-9H2,(H,11,12). The minimum Gasteiger partial charge on any atom is -0.480 e. The monoisotopic (exact) mass is 190 g/mol. The van der Waals surface area contributed by atoms with Gasteiger partial charge in [0.1, 0.15) is 6.04 Å². The largest absolute Gasteiger partial charge is 0.480 e. The Balaban J connectivity index is 3.44. The molecule has 6 nitrogen and oxygen atoms in total. The van der Waals surface area contributed by atoms with Crippen LogP contribution >= 0.6 is 0 Å². The molecule has 0 aromatic carbocycles. The molecule has 0 spiro atoms. The Morgan fingerprint density at radius 1 is 1.46 bits per heavy atom. The van der Waals surface area contributed by atoms with E-state index >= 15 is 0 Å². The van der Waals surface area contributed by atoms with Gasteiger partial charge in [0.2, 0.25) is 0 Å². The smallest absolute Gasteiger partial charge is 0.320 e. The molecule has 13 heavy (non-hydrogen) atoms. The van der Waals surface area contributed by atoms with Gasteiger partial charge in [0.15, 0.2) is 6.23 Å². The first-order valence-electron chi connectivity index (χ1n) is 3.91. The molecule has 0 saturated carbocycles. The van der Waals surface area contributed by atoms with E-state index in [2.05, 4.69) is 4.74 Å². The van der Waals surface area contributed by atoms with Crippen LogP contribution in [0.15, 0.2) is 0 Å². The number of nitrogens with two attached hydrogens (primary N) is 2. The second-order valence-electron chi connectivity index (χ2n) is 2.65. The number of hydrogen-bond acceptors (Lipinski definition) is 5. The van der Waals surface area contributed by atoms with Crippen molar-refractivity contribution in [1.29, 1.82) is 0 Å². The zero-order valence-corrected chi connectivity index (χ0v) is 7.18. The van der Waals surface area contributed by atoms with Gasteiger partial charge in [-0.05, 0) is 19.3 Å². The molecule has 0 heterocycles. The van der Waals surface area contributed by atoms with E-state index in [-0.39, 0.29) is 6.47 Å². The normalized spacial score (nSPS) is 14.6. The van der Waals surface area contributed by atoms with E-state index in [1.54, 1.807) is 0 Å². The molecule has 0 aliphatic carbocycles. The topological polar surface area (TPSA) is 116 Å². The van der Waals surface area contributed by atoms with Gasteiger partial charge in [-0.15, -0.1) is 0 Å². The lowest BCUT2D eigenvalue weighted by atomic mass is 10.1. The fraction of sp³-hybridized carbons (Fsp3) is 0.714. The van der Waals surface area contributed by atoms with Crippen molar-refractivity contribution in [2.45, 2.75) is 31.5 Å². The zero-order chi connectivity index (χ0) is 10.3. The van der Waals surface area contributed by atoms with Crippen molar-refractivity contribution in [3.8, 4) is 0 Å². The summed E-state index contributed by atoms with van der Waals surface area (Å²) in [5.41, 5.74) is 10.5. The number of ether oxygens (including phenoxy) is 1. The summed E-state index contributed by atoms with van der Waals surface area (Å²) in [7, 11) is 0. The van der Waals surface area contributed by atoms with Crippen LogP contribution in [0.2, 0.25) is 0 Å². The van der Waals surface area contributed by atoms with Gasteiger partial charge in [0.25, 0.3) is 6.47 Å². The lowest BCUT2D eigenvalue weighted by Crippen LogP contribution is -2.31. The average Bonchev–Trinajstić information content (AvgIpc) is 2.04. The third-order valence-electron chi connectivity index (χ3n) is 1.55. The first kappa shape index (κ1) is 11.9. The molecule has 0 saturated heterocycles. The zero-order valence-electron chi connectivity index (χ0n) is 7.18. The van der Waals surface area contributed by atoms with E-state index in [0.29, 0.717) is 19.3 Å². The third kappa shape index (κ3) is 6.06. The van der Waals surface area contributed by atoms with E-state index in [1.807, 2.05) is 0 Å². The van der Waals surface area contributed by atoms with Crippen LogP contribution in [0, 0.1) is 0 Å². The van der Waals surface area contributed by atoms with Crippen molar-refractivity contribution >= 4 is 12.4 Å². The van der Waals surface area contributed by atoms with Crippen LogP contribution in [0.5, 0.6) is 0 Å². The SMILES string of the molecule is NC(CCCC(N)C(=O)O)OC=O. The molecule has 5 N–H and O–H groups in total. The van der Waals surface area contributed by atoms with Crippen molar-refractivity contribution < 1.29 is 19.4 Å². The van der Waals surface area contributed by atoms with Crippen LogP contribution in [0.25, 0.3) is 0 Å². The Kier molecular flexibility index (Phi) is 5.82. The van der Waals surface area contributed by atoms with Crippen LogP contribution < -0.4 is 11.5 Å². The average molecular weight is 190 g/mol. The molecule has 76 valence electrons. The Hall–Kier alpha value is -1.14. The van der Waals surface area contributed by atoms with Crippen LogP contribution in [0.3, 0.4) is 0 Å². The summed E-state index contributed by atoms with van der Waals surface area (Å²) in [5, 5.41) is 8.41. The molecular weight excluding hydrogens is 176 g/mol.